The van der Waals surface area contributed by atoms with Crippen molar-refractivity contribution < 1.29 is 18.3 Å². The summed E-state index contributed by atoms with van der Waals surface area (Å²) in [5.74, 6) is -3.16. The summed E-state index contributed by atoms with van der Waals surface area (Å²) in [6.07, 6.45) is 0. The highest BCUT2D eigenvalue weighted by Gasteiger charge is 2.18. The number of thioether (sulfide) groups is 1. The minimum atomic E-state index is -2.64. The lowest BCUT2D eigenvalue weighted by Crippen LogP contribution is -2.39. The number of carbonyl (C=O) groups is 1. The molecule has 0 radical (unpaired) electrons. The van der Waals surface area contributed by atoms with Crippen molar-refractivity contribution in [3.05, 3.63) is 23.2 Å². The van der Waals surface area contributed by atoms with Crippen LogP contribution in [0, 0.1) is 0 Å². The molecular weight excluding hydrogens is 333 g/mol. The van der Waals surface area contributed by atoms with Gasteiger partial charge in [-0.2, -0.15) is 8.78 Å². The molecule has 0 aliphatic carbocycles. The Morgan fingerprint density at radius 1 is 1.55 bits per heavy atom. The second kappa shape index (κ2) is 9.36. The van der Waals surface area contributed by atoms with Crippen molar-refractivity contribution in [3.63, 3.8) is 0 Å². The van der Waals surface area contributed by atoms with Crippen LogP contribution >= 0.6 is 35.8 Å². The molecule has 0 aliphatic rings. The van der Waals surface area contributed by atoms with E-state index in [2.05, 4.69) is 5.32 Å². The zero-order chi connectivity index (χ0) is 14.4. The second-order valence-electron chi connectivity index (χ2n) is 3.55. The average molecular weight is 347 g/mol. The summed E-state index contributed by atoms with van der Waals surface area (Å²) in [6, 6.07) is 3.62. The van der Waals surface area contributed by atoms with Crippen LogP contribution in [0.3, 0.4) is 0 Å². The molecule has 4 nitrogen and oxygen atoms in total. The smallest absolute Gasteiger partial charge is 0.289 e. The number of ether oxygens (including phenoxy) is 1. The number of nitrogens with two attached hydrogens (primary N) is 1. The van der Waals surface area contributed by atoms with Crippen LogP contribution in [0.15, 0.2) is 23.1 Å². The van der Waals surface area contributed by atoms with Crippen molar-refractivity contribution in [1.29, 1.82) is 0 Å². The molecule has 0 spiro atoms. The normalized spacial score (nSPS) is 11.9. The molecule has 1 amide bonds. The van der Waals surface area contributed by atoms with Gasteiger partial charge in [0, 0.05) is 7.11 Å². The number of hydrogen-bond acceptors (Lipinski definition) is 4. The van der Waals surface area contributed by atoms with Gasteiger partial charge in [-0.3, -0.25) is 4.79 Å². The SMILES string of the molecule is COCC(N)C(=O)Nc1cccc(Cl)c1SC(F)F.Cl. The van der Waals surface area contributed by atoms with Crippen LogP contribution in [-0.4, -0.2) is 31.4 Å². The Bertz CT molecular complexity index is 452. The first-order chi connectivity index (χ1) is 8.95. The van der Waals surface area contributed by atoms with Crippen LogP contribution in [0.1, 0.15) is 0 Å². The maximum Gasteiger partial charge on any atom is 0.289 e. The lowest BCUT2D eigenvalue weighted by atomic mass is 10.2. The van der Waals surface area contributed by atoms with Gasteiger partial charge in [0.2, 0.25) is 5.91 Å². The van der Waals surface area contributed by atoms with Crippen LogP contribution < -0.4 is 11.1 Å². The largest absolute Gasteiger partial charge is 0.383 e. The van der Waals surface area contributed by atoms with Crippen LogP contribution in [0.4, 0.5) is 14.5 Å². The van der Waals surface area contributed by atoms with Crippen molar-refractivity contribution in [2.75, 3.05) is 19.0 Å². The van der Waals surface area contributed by atoms with Gasteiger partial charge in [0.05, 0.1) is 22.2 Å². The van der Waals surface area contributed by atoms with Crippen molar-refractivity contribution in [2.45, 2.75) is 16.7 Å². The van der Waals surface area contributed by atoms with E-state index in [1.54, 1.807) is 6.07 Å². The van der Waals surface area contributed by atoms with Crippen molar-refractivity contribution in [1.82, 2.24) is 0 Å². The number of carbonyl (C=O) groups excluding carboxylic acids is 1. The summed E-state index contributed by atoms with van der Waals surface area (Å²) >= 11 is 6.10. The van der Waals surface area contributed by atoms with Gasteiger partial charge in [0.25, 0.3) is 5.76 Å². The third-order valence-electron chi connectivity index (χ3n) is 2.11. The molecule has 0 heterocycles. The van der Waals surface area contributed by atoms with E-state index in [-0.39, 0.29) is 46.4 Å². The molecule has 114 valence electrons. The highest BCUT2D eigenvalue weighted by atomic mass is 35.5. The number of benzene rings is 1. The molecule has 1 aromatic carbocycles. The molecule has 1 aromatic rings. The summed E-state index contributed by atoms with van der Waals surface area (Å²) in [4.78, 5) is 11.8. The summed E-state index contributed by atoms with van der Waals surface area (Å²) in [5, 5.41) is 2.60. The molecule has 0 aromatic heterocycles. The third kappa shape index (κ3) is 5.80. The molecule has 1 rings (SSSR count). The fraction of sp³-hybridized carbons (Fsp3) is 0.364. The number of halogens is 4. The van der Waals surface area contributed by atoms with Gasteiger partial charge in [-0.05, 0) is 12.1 Å². The second-order valence-corrected chi connectivity index (χ2v) is 4.95. The van der Waals surface area contributed by atoms with E-state index in [0.29, 0.717) is 0 Å². The highest BCUT2D eigenvalue weighted by Crippen LogP contribution is 2.37. The Hall–Kier alpha value is -0.600. The monoisotopic (exact) mass is 346 g/mol. The standard InChI is InChI=1S/C11H13ClF2N2O2S.ClH/c1-18-5-7(15)10(17)16-8-4-2-3-6(12)9(8)19-11(13)14;/h2-4,7,11H,5,15H2,1H3,(H,16,17);1H. The molecule has 0 saturated carbocycles. The van der Waals surface area contributed by atoms with E-state index in [9.17, 15) is 13.6 Å². The Morgan fingerprint density at radius 2 is 2.20 bits per heavy atom. The number of amides is 1. The van der Waals surface area contributed by atoms with E-state index in [1.165, 1.54) is 19.2 Å². The topological polar surface area (TPSA) is 64.3 Å². The zero-order valence-corrected chi connectivity index (χ0v) is 12.8. The zero-order valence-electron chi connectivity index (χ0n) is 10.4. The predicted octanol–water partition coefficient (Wildman–Crippen LogP) is 2.99. The molecular formula is C11H14Cl2F2N2O2S. The van der Waals surface area contributed by atoms with Gasteiger partial charge in [-0.1, -0.05) is 29.4 Å². The Morgan fingerprint density at radius 3 is 2.75 bits per heavy atom. The van der Waals surface area contributed by atoms with Crippen molar-refractivity contribution in [2.24, 2.45) is 5.73 Å². The summed E-state index contributed by atoms with van der Waals surface area (Å²) < 4.78 is 29.6. The maximum absolute atomic E-state index is 12.4. The van der Waals surface area contributed by atoms with Gasteiger partial charge in [-0.15, -0.1) is 12.4 Å². The van der Waals surface area contributed by atoms with Crippen LogP contribution in [0.5, 0.6) is 0 Å². The molecule has 0 aliphatic heterocycles. The van der Waals surface area contributed by atoms with Crippen LogP contribution in [0.2, 0.25) is 5.02 Å². The quantitative estimate of drug-likeness (QED) is 0.777. The maximum atomic E-state index is 12.4. The van der Waals surface area contributed by atoms with E-state index >= 15 is 0 Å². The third-order valence-corrected chi connectivity index (χ3v) is 3.40. The molecule has 20 heavy (non-hydrogen) atoms. The molecule has 0 bridgehead atoms. The summed E-state index contributed by atoms with van der Waals surface area (Å²) in [6.45, 7) is 0.0315. The molecule has 9 heteroatoms. The number of rotatable bonds is 6. The minimum Gasteiger partial charge on any atom is -0.383 e. The fourth-order valence-electron chi connectivity index (χ4n) is 1.30. The van der Waals surface area contributed by atoms with Crippen molar-refractivity contribution in [3.8, 4) is 0 Å². The van der Waals surface area contributed by atoms with E-state index in [1.807, 2.05) is 0 Å². The molecule has 0 saturated heterocycles. The van der Waals surface area contributed by atoms with Gasteiger partial charge < -0.3 is 15.8 Å². The Labute approximate surface area is 130 Å². The molecule has 1 unspecified atom stereocenters. The first-order valence-corrected chi connectivity index (χ1v) is 6.50. The first-order valence-electron chi connectivity index (χ1n) is 5.24. The molecule has 0 fully saturated rings. The number of hydrogen-bond donors (Lipinski definition) is 2. The Balaban J connectivity index is 0.00000361. The van der Waals surface area contributed by atoms with Crippen molar-refractivity contribution >= 4 is 47.4 Å². The predicted molar refractivity (Wildman–Crippen MR) is 79.0 cm³/mol. The summed E-state index contributed by atoms with van der Waals surface area (Å²) in [5.41, 5.74) is 5.74. The number of anilines is 1. The molecule has 1 atom stereocenters. The first kappa shape index (κ1) is 19.4. The fourth-order valence-corrected chi connectivity index (χ4v) is 2.21. The molecule has 3 N–H and O–H groups in total. The minimum absolute atomic E-state index is 0. The van der Waals surface area contributed by atoms with Gasteiger partial charge in [-0.25, -0.2) is 0 Å². The summed E-state index contributed by atoms with van der Waals surface area (Å²) in [7, 11) is 1.41. The van der Waals surface area contributed by atoms with Gasteiger partial charge >= 0.3 is 0 Å². The average Bonchev–Trinajstić information content (AvgIpc) is 2.33. The van der Waals surface area contributed by atoms with Crippen LogP contribution in [0.25, 0.3) is 0 Å². The van der Waals surface area contributed by atoms with E-state index in [4.69, 9.17) is 22.1 Å². The van der Waals surface area contributed by atoms with Gasteiger partial charge in [0.15, 0.2) is 0 Å². The highest BCUT2D eigenvalue weighted by molar-refractivity contribution is 7.99. The Kier molecular flexibility index (Phi) is 9.08. The van der Waals surface area contributed by atoms with Crippen LogP contribution in [-0.2, 0) is 9.53 Å². The lowest BCUT2D eigenvalue weighted by molar-refractivity contribution is -0.118. The lowest BCUT2D eigenvalue weighted by Gasteiger charge is -2.14. The number of methoxy groups -OCH3 is 1. The number of nitrogens with one attached hydrogen (secondary N) is 1. The van der Waals surface area contributed by atoms with Gasteiger partial charge in [0.1, 0.15) is 6.04 Å². The number of alkyl halides is 2. The van der Waals surface area contributed by atoms with E-state index in [0.717, 1.165) is 0 Å². The van der Waals surface area contributed by atoms with E-state index < -0.39 is 17.7 Å².